The number of nitrogens with one attached hydrogen (secondary N) is 2. The number of carbonyl (C=O) groups excluding carboxylic acids is 2. The van der Waals surface area contributed by atoms with Gasteiger partial charge in [-0.05, 0) is 17.7 Å². The summed E-state index contributed by atoms with van der Waals surface area (Å²) >= 11 is 6.10. The lowest BCUT2D eigenvalue weighted by Gasteiger charge is -2.13. The van der Waals surface area contributed by atoms with Gasteiger partial charge in [-0.25, -0.2) is 0 Å². The number of hydrogen-bond acceptors (Lipinski definition) is 4. The number of benzene rings is 1. The van der Waals surface area contributed by atoms with E-state index in [1.807, 2.05) is 25.1 Å². The van der Waals surface area contributed by atoms with Crippen molar-refractivity contribution >= 4 is 23.4 Å². The smallest absolute Gasteiger partial charge is 0.286 e. The van der Waals surface area contributed by atoms with Gasteiger partial charge < -0.3 is 19.8 Å². The molecule has 1 saturated carbocycles. The molecule has 1 aromatic carbocycles. The van der Waals surface area contributed by atoms with E-state index in [4.69, 9.17) is 20.8 Å². The first-order valence-electron chi connectivity index (χ1n) is 8.99. The largest absolute Gasteiger partial charge is 0.454 e. The maximum Gasteiger partial charge on any atom is 0.286 e. The highest BCUT2D eigenvalue weighted by atomic mass is 35.5. The highest BCUT2D eigenvalue weighted by molar-refractivity contribution is 6.30. The quantitative estimate of drug-likeness (QED) is 0.825. The van der Waals surface area contributed by atoms with Crippen molar-refractivity contribution in [2.75, 3.05) is 20.3 Å². The summed E-state index contributed by atoms with van der Waals surface area (Å²) in [4.78, 5) is 24.9. The van der Waals surface area contributed by atoms with Gasteiger partial charge >= 0.3 is 0 Å². The maximum absolute atomic E-state index is 12.9. The van der Waals surface area contributed by atoms with Crippen molar-refractivity contribution in [2.45, 2.75) is 18.9 Å². The first-order chi connectivity index (χ1) is 13.0. The Hall–Kier alpha value is -2.31. The highest BCUT2D eigenvalue weighted by Gasteiger charge is 2.55. The molecule has 1 aromatic heterocycles. The van der Waals surface area contributed by atoms with Crippen LogP contribution in [-0.2, 0) is 4.74 Å². The minimum Gasteiger partial charge on any atom is -0.454 e. The summed E-state index contributed by atoms with van der Waals surface area (Å²) in [5.74, 6) is 0.537. The second-order valence-corrected chi connectivity index (χ2v) is 7.55. The van der Waals surface area contributed by atoms with Gasteiger partial charge in [0.1, 0.15) is 5.76 Å². The van der Waals surface area contributed by atoms with Crippen molar-refractivity contribution in [3.8, 4) is 0 Å². The zero-order valence-corrected chi connectivity index (χ0v) is 15.9. The van der Waals surface area contributed by atoms with Crippen LogP contribution < -0.4 is 10.6 Å². The van der Waals surface area contributed by atoms with Gasteiger partial charge in [-0.1, -0.05) is 30.7 Å². The molecule has 1 aliphatic carbocycles. The van der Waals surface area contributed by atoms with Crippen LogP contribution in [0, 0.1) is 11.8 Å². The minimum atomic E-state index is -0.370. The molecule has 2 amide bonds. The molecule has 142 valence electrons. The number of fused-ring (bicyclic) bond motifs is 1. The van der Waals surface area contributed by atoms with Crippen molar-refractivity contribution in [3.05, 3.63) is 58.0 Å². The number of halogens is 1. The molecule has 2 aromatic rings. The van der Waals surface area contributed by atoms with E-state index in [9.17, 15) is 9.59 Å². The first kappa shape index (κ1) is 18.1. The first-order valence-corrected chi connectivity index (χ1v) is 9.37. The van der Waals surface area contributed by atoms with E-state index in [2.05, 4.69) is 10.6 Å². The number of furan rings is 1. The molecule has 1 aliphatic heterocycles. The molecule has 1 saturated heterocycles. The number of amides is 2. The summed E-state index contributed by atoms with van der Waals surface area (Å²) in [6.45, 7) is 3.31. The summed E-state index contributed by atoms with van der Waals surface area (Å²) in [5, 5.41) is 6.20. The third-order valence-electron chi connectivity index (χ3n) is 5.45. The summed E-state index contributed by atoms with van der Waals surface area (Å²) in [5.41, 5.74) is 1.29. The summed E-state index contributed by atoms with van der Waals surface area (Å²) in [7, 11) is 1.52. The molecule has 2 aliphatic rings. The topological polar surface area (TPSA) is 80.6 Å². The van der Waals surface area contributed by atoms with Crippen molar-refractivity contribution in [2.24, 2.45) is 11.8 Å². The molecule has 27 heavy (non-hydrogen) atoms. The Balaban J connectivity index is 1.63. The Morgan fingerprint density at radius 3 is 2.59 bits per heavy atom. The maximum atomic E-state index is 12.9. The average molecular weight is 389 g/mol. The minimum absolute atomic E-state index is 0.117. The van der Waals surface area contributed by atoms with E-state index in [1.54, 1.807) is 6.07 Å². The van der Waals surface area contributed by atoms with Crippen LogP contribution in [0.25, 0.3) is 0 Å². The van der Waals surface area contributed by atoms with Crippen LogP contribution in [0.3, 0.4) is 0 Å². The Labute approximate surface area is 162 Å². The van der Waals surface area contributed by atoms with Crippen LogP contribution >= 0.6 is 11.6 Å². The molecule has 2 N–H and O–H groups in total. The third kappa shape index (κ3) is 3.35. The lowest BCUT2D eigenvalue weighted by Crippen LogP contribution is -2.30. The van der Waals surface area contributed by atoms with Crippen LogP contribution in [-0.4, -0.2) is 38.1 Å². The fraction of sp³-hybridized carbons (Fsp3) is 0.400. The van der Waals surface area contributed by atoms with Gasteiger partial charge in [-0.2, -0.15) is 0 Å². The Morgan fingerprint density at radius 1 is 1.19 bits per heavy atom. The predicted octanol–water partition coefficient (Wildman–Crippen LogP) is 2.82. The molecular formula is C20H21ClN2O4. The highest BCUT2D eigenvalue weighted by Crippen LogP contribution is 2.44. The fourth-order valence-electron chi connectivity index (χ4n) is 3.75. The van der Waals surface area contributed by atoms with Gasteiger partial charge in [-0.15, -0.1) is 0 Å². The second kappa shape index (κ2) is 7.02. The van der Waals surface area contributed by atoms with Crippen LogP contribution in [0.2, 0.25) is 5.02 Å². The number of hydrogen-bond donors (Lipinski definition) is 2. The Bertz CT molecular complexity index is 884. The molecule has 0 radical (unpaired) electrons. The standard InChI is InChI=1S/C20H21ClN2O4/c1-10(11-4-3-5-12(21)6-11)18-13(7-16(27-18)20(25)22-2)19(24)23-17-14-8-26-9-15(14)17/h3-7,10,14-15,17H,8-9H2,1-2H3,(H,22,25)(H,23,24)/t10?,14-,15+,17+. The van der Waals surface area contributed by atoms with E-state index in [-0.39, 0.29) is 29.5 Å². The van der Waals surface area contributed by atoms with Crippen LogP contribution in [0.4, 0.5) is 0 Å². The molecule has 4 rings (SSSR count). The third-order valence-corrected chi connectivity index (χ3v) is 5.68. The SMILES string of the molecule is CNC(=O)c1cc(C(=O)N[C@H]2[C@@H]3COC[C@@H]32)c(C(C)c2cccc(Cl)c2)o1. The molecule has 2 heterocycles. The lowest BCUT2D eigenvalue weighted by molar-refractivity contribution is 0.0919. The molecule has 6 nitrogen and oxygen atoms in total. The van der Waals surface area contributed by atoms with Crippen LogP contribution in [0.5, 0.6) is 0 Å². The normalized spacial score (nSPS) is 24.2. The molecule has 7 heteroatoms. The predicted molar refractivity (Wildman–Crippen MR) is 100 cm³/mol. The van der Waals surface area contributed by atoms with Gasteiger partial charge in [0.2, 0.25) is 0 Å². The van der Waals surface area contributed by atoms with Gasteiger partial charge in [-0.3, -0.25) is 9.59 Å². The average Bonchev–Trinajstić information content (AvgIpc) is 3.07. The zero-order valence-electron chi connectivity index (χ0n) is 15.1. The summed E-state index contributed by atoms with van der Waals surface area (Å²) < 4.78 is 11.2. The van der Waals surface area contributed by atoms with Crippen molar-refractivity contribution in [1.82, 2.24) is 10.6 Å². The molecule has 2 fully saturated rings. The van der Waals surface area contributed by atoms with E-state index in [0.717, 1.165) is 5.56 Å². The lowest BCUT2D eigenvalue weighted by atomic mass is 9.96. The van der Waals surface area contributed by atoms with E-state index < -0.39 is 0 Å². The van der Waals surface area contributed by atoms with Crippen molar-refractivity contribution in [3.63, 3.8) is 0 Å². The molecule has 4 atom stereocenters. The molecular weight excluding hydrogens is 368 g/mol. The second-order valence-electron chi connectivity index (χ2n) is 7.11. The van der Waals surface area contributed by atoms with Gasteiger partial charge in [0.15, 0.2) is 5.76 Å². The van der Waals surface area contributed by atoms with E-state index >= 15 is 0 Å². The zero-order chi connectivity index (χ0) is 19.1. The molecule has 1 unspecified atom stereocenters. The van der Waals surface area contributed by atoms with E-state index in [0.29, 0.717) is 41.4 Å². The summed E-state index contributed by atoms with van der Waals surface area (Å²) in [6.07, 6.45) is 0. The fourth-order valence-corrected chi connectivity index (χ4v) is 3.95. The molecule has 0 spiro atoms. The van der Waals surface area contributed by atoms with Gasteiger partial charge in [0, 0.05) is 41.9 Å². The summed E-state index contributed by atoms with van der Waals surface area (Å²) in [6, 6.07) is 9.04. The molecule has 0 bridgehead atoms. The number of ether oxygens (including phenoxy) is 1. The van der Waals surface area contributed by atoms with Crippen molar-refractivity contribution < 1.29 is 18.7 Å². The number of carbonyl (C=O) groups is 2. The van der Waals surface area contributed by atoms with Crippen LogP contribution in [0.1, 0.15) is 45.1 Å². The Morgan fingerprint density at radius 2 is 1.93 bits per heavy atom. The number of rotatable bonds is 5. The Kier molecular flexibility index (Phi) is 4.70. The van der Waals surface area contributed by atoms with Crippen molar-refractivity contribution in [1.29, 1.82) is 0 Å². The van der Waals surface area contributed by atoms with Gasteiger partial charge in [0.25, 0.3) is 11.8 Å². The van der Waals surface area contributed by atoms with E-state index in [1.165, 1.54) is 13.1 Å². The van der Waals surface area contributed by atoms with Gasteiger partial charge in [0.05, 0.1) is 18.8 Å². The van der Waals surface area contributed by atoms with Crippen LogP contribution in [0.15, 0.2) is 34.7 Å². The monoisotopic (exact) mass is 388 g/mol.